The number of carbonyl (C=O) groups is 1. The third kappa shape index (κ3) is 2.58. The molecule has 0 fully saturated rings. The number of benzene rings is 1. The highest BCUT2D eigenvalue weighted by atomic mass is 19.3. The molecular weight excluding hydrogens is 272 g/mol. The highest BCUT2D eigenvalue weighted by Gasteiger charge is 2.24. The summed E-state index contributed by atoms with van der Waals surface area (Å²) < 4.78 is 31.1. The zero-order valence-electron chi connectivity index (χ0n) is 10.5. The second kappa shape index (κ2) is 5.64. The van der Waals surface area contributed by atoms with Crippen LogP contribution < -0.4 is 4.74 Å². The molecule has 0 aliphatic carbocycles. The molecule has 0 spiro atoms. The molecule has 0 bridgehead atoms. The summed E-state index contributed by atoms with van der Waals surface area (Å²) in [6.45, 7) is -0.742. The predicted molar refractivity (Wildman–Crippen MR) is 65.0 cm³/mol. The number of alkyl halides is 2. The van der Waals surface area contributed by atoms with Crippen molar-refractivity contribution in [3.63, 3.8) is 0 Å². The number of hydrogen-bond donors (Lipinski definition) is 1. The Hall–Kier alpha value is -2.51. The smallest absolute Gasteiger partial charge is 0.358 e. The minimum atomic E-state index is -2.67. The number of hydrogen-bond acceptors (Lipinski definition) is 4. The van der Waals surface area contributed by atoms with Gasteiger partial charge in [-0.25, -0.2) is 18.3 Å². The van der Waals surface area contributed by atoms with E-state index in [1.807, 2.05) is 0 Å². The maximum Gasteiger partial charge on any atom is 0.358 e. The second-order valence-corrected chi connectivity index (χ2v) is 3.87. The monoisotopic (exact) mass is 283 g/mol. The molecule has 20 heavy (non-hydrogen) atoms. The molecule has 0 atom stereocenters. The molecule has 1 aromatic carbocycles. The van der Waals surface area contributed by atoms with E-state index in [1.54, 1.807) is 24.3 Å². The van der Waals surface area contributed by atoms with Crippen LogP contribution in [0.4, 0.5) is 8.78 Å². The molecule has 6 nitrogen and oxygen atoms in total. The van der Waals surface area contributed by atoms with Gasteiger partial charge in [0.25, 0.3) is 6.43 Å². The number of para-hydroxylation sites is 1. The van der Waals surface area contributed by atoms with Crippen molar-refractivity contribution in [2.24, 2.45) is 0 Å². The van der Waals surface area contributed by atoms with Crippen LogP contribution >= 0.6 is 0 Å². The largest absolute Gasteiger partial charge is 0.496 e. The van der Waals surface area contributed by atoms with Gasteiger partial charge in [0.1, 0.15) is 18.0 Å². The lowest BCUT2D eigenvalue weighted by Crippen LogP contribution is -2.11. The highest BCUT2D eigenvalue weighted by Crippen LogP contribution is 2.31. The van der Waals surface area contributed by atoms with Gasteiger partial charge in [0.05, 0.1) is 7.11 Å². The molecule has 106 valence electrons. The van der Waals surface area contributed by atoms with E-state index < -0.39 is 24.6 Å². The van der Waals surface area contributed by atoms with Crippen LogP contribution in [0, 0.1) is 0 Å². The lowest BCUT2D eigenvalue weighted by Gasteiger charge is -2.10. The number of aromatic nitrogens is 3. The van der Waals surface area contributed by atoms with Crippen molar-refractivity contribution in [2.45, 2.75) is 13.0 Å². The van der Waals surface area contributed by atoms with Gasteiger partial charge in [0.2, 0.25) is 0 Å². The summed E-state index contributed by atoms with van der Waals surface area (Å²) in [6, 6.07) is 6.49. The molecule has 0 aliphatic rings. The van der Waals surface area contributed by atoms with Crippen molar-refractivity contribution in [1.29, 1.82) is 0 Å². The van der Waals surface area contributed by atoms with Crippen molar-refractivity contribution in [1.82, 2.24) is 15.0 Å². The molecule has 0 aliphatic heterocycles. The van der Waals surface area contributed by atoms with Crippen molar-refractivity contribution >= 4 is 5.97 Å². The van der Waals surface area contributed by atoms with E-state index in [9.17, 15) is 13.6 Å². The molecule has 8 heteroatoms. The minimum absolute atomic E-state index is 0.00440. The third-order valence-electron chi connectivity index (χ3n) is 2.61. The Morgan fingerprint density at radius 2 is 2.15 bits per heavy atom. The first-order chi connectivity index (χ1) is 9.54. The Morgan fingerprint density at radius 1 is 1.45 bits per heavy atom. The lowest BCUT2D eigenvalue weighted by molar-refractivity contribution is 0.0691. The van der Waals surface area contributed by atoms with Gasteiger partial charge in [-0.3, -0.25) is 0 Å². The fourth-order valence-corrected chi connectivity index (χ4v) is 1.82. The number of nitrogens with zero attached hydrogens (tertiary/aromatic N) is 3. The van der Waals surface area contributed by atoms with E-state index >= 15 is 0 Å². The van der Waals surface area contributed by atoms with Crippen molar-refractivity contribution < 1.29 is 23.4 Å². The molecular formula is C12H11F2N3O3. The SMILES string of the molecule is COc1ccccc1-c1c(C(=O)O)nnn1CC(F)F. The van der Waals surface area contributed by atoms with Crippen LogP contribution in [0.15, 0.2) is 24.3 Å². The van der Waals surface area contributed by atoms with Gasteiger partial charge in [-0.1, -0.05) is 17.3 Å². The van der Waals surface area contributed by atoms with Gasteiger partial charge in [-0.05, 0) is 12.1 Å². The Balaban J connectivity index is 2.63. The van der Waals surface area contributed by atoms with Crippen LogP contribution in [-0.4, -0.2) is 39.6 Å². The number of carboxylic acid groups (broad SMARTS) is 1. The first-order valence-corrected chi connectivity index (χ1v) is 5.63. The average molecular weight is 283 g/mol. The van der Waals surface area contributed by atoms with E-state index in [0.717, 1.165) is 4.68 Å². The number of halogens is 2. The van der Waals surface area contributed by atoms with Crippen LogP contribution in [0.1, 0.15) is 10.5 Å². The van der Waals surface area contributed by atoms with Gasteiger partial charge in [0.15, 0.2) is 5.69 Å². The van der Waals surface area contributed by atoms with Crippen molar-refractivity contribution in [3.05, 3.63) is 30.0 Å². The second-order valence-electron chi connectivity index (χ2n) is 3.87. The van der Waals surface area contributed by atoms with Crippen molar-refractivity contribution in [2.75, 3.05) is 7.11 Å². The Labute approximate surface area is 112 Å². The van der Waals surface area contributed by atoms with Crippen LogP contribution in [-0.2, 0) is 6.54 Å². The molecule has 1 aromatic heterocycles. The molecule has 0 amide bonds. The summed E-state index contributed by atoms with van der Waals surface area (Å²) >= 11 is 0. The van der Waals surface area contributed by atoms with Gasteiger partial charge >= 0.3 is 5.97 Å². The first kappa shape index (κ1) is 13.9. The van der Waals surface area contributed by atoms with E-state index in [4.69, 9.17) is 9.84 Å². The first-order valence-electron chi connectivity index (χ1n) is 5.63. The fraction of sp³-hybridized carbons (Fsp3) is 0.250. The topological polar surface area (TPSA) is 77.2 Å². The summed E-state index contributed by atoms with van der Waals surface area (Å²) in [7, 11) is 1.40. The number of carboxylic acids is 1. The van der Waals surface area contributed by atoms with E-state index in [1.165, 1.54) is 7.11 Å². The standard InChI is InChI=1S/C12H11F2N3O3/c1-20-8-5-3-2-4-7(8)11-10(12(18)19)15-16-17(11)6-9(13)14/h2-5,9H,6H2,1H3,(H,18,19). The summed E-state index contributed by atoms with van der Waals surface area (Å²) in [4.78, 5) is 11.1. The summed E-state index contributed by atoms with van der Waals surface area (Å²) in [5.41, 5.74) is -0.0524. The van der Waals surface area contributed by atoms with Crippen LogP contribution in [0.2, 0.25) is 0 Å². The van der Waals surface area contributed by atoms with E-state index in [-0.39, 0.29) is 5.69 Å². The molecule has 1 N–H and O–H groups in total. The Morgan fingerprint density at radius 3 is 2.75 bits per heavy atom. The normalized spacial score (nSPS) is 10.8. The van der Waals surface area contributed by atoms with E-state index in [0.29, 0.717) is 11.3 Å². The number of methoxy groups -OCH3 is 1. The maximum atomic E-state index is 12.5. The average Bonchev–Trinajstić information content (AvgIpc) is 2.81. The van der Waals surface area contributed by atoms with Crippen LogP contribution in [0.3, 0.4) is 0 Å². The quantitative estimate of drug-likeness (QED) is 0.907. The zero-order chi connectivity index (χ0) is 14.7. The maximum absolute atomic E-state index is 12.5. The number of aromatic carboxylic acids is 1. The zero-order valence-corrected chi connectivity index (χ0v) is 10.5. The Bertz CT molecular complexity index is 628. The van der Waals surface area contributed by atoms with Gasteiger partial charge in [-0.2, -0.15) is 0 Å². The molecule has 0 saturated heterocycles. The van der Waals surface area contributed by atoms with Crippen LogP contribution in [0.25, 0.3) is 11.3 Å². The third-order valence-corrected chi connectivity index (χ3v) is 2.61. The highest BCUT2D eigenvalue weighted by molar-refractivity contribution is 5.93. The molecule has 2 rings (SSSR count). The minimum Gasteiger partial charge on any atom is -0.496 e. The lowest BCUT2D eigenvalue weighted by atomic mass is 10.1. The molecule has 2 aromatic rings. The predicted octanol–water partition coefficient (Wildman–Crippen LogP) is 1.92. The number of ether oxygens (including phenoxy) is 1. The van der Waals surface area contributed by atoms with Gasteiger partial charge < -0.3 is 9.84 Å². The van der Waals surface area contributed by atoms with Gasteiger partial charge in [0, 0.05) is 5.56 Å². The van der Waals surface area contributed by atoms with Crippen molar-refractivity contribution in [3.8, 4) is 17.0 Å². The fourth-order valence-electron chi connectivity index (χ4n) is 1.82. The van der Waals surface area contributed by atoms with Crippen LogP contribution in [0.5, 0.6) is 5.75 Å². The molecule has 0 radical (unpaired) electrons. The molecule has 1 heterocycles. The van der Waals surface area contributed by atoms with Gasteiger partial charge in [-0.15, -0.1) is 5.10 Å². The molecule has 0 unspecified atom stereocenters. The summed E-state index contributed by atoms with van der Waals surface area (Å²) in [5.74, 6) is -0.987. The Kier molecular flexibility index (Phi) is 3.92. The number of rotatable bonds is 5. The summed E-state index contributed by atoms with van der Waals surface area (Å²) in [5, 5.41) is 16.0. The summed E-state index contributed by atoms with van der Waals surface area (Å²) in [6.07, 6.45) is -2.67. The van der Waals surface area contributed by atoms with E-state index in [2.05, 4.69) is 10.3 Å². The molecule has 0 saturated carbocycles.